The number of hydrogen-bond acceptors (Lipinski definition) is 5. The fraction of sp³-hybridized carbons (Fsp3) is 0.273. The molecule has 4 N–H and O–H groups in total. The molecule has 2 aromatic rings. The molecule has 1 aromatic carbocycles. The molecular weight excluding hydrogens is 224 g/mol. The van der Waals surface area contributed by atoms with Crippen LogP contribution in [0, 0.1) is 0 Å². The predicted molar refractivity (Wildman–Crippen MR) is 60.4 cm³/mol. The van der Waals surface area contributed by atoms with Crippen LogP contribution in [0.15, 0.2) is 29.3 Å². The van der Waals surface area contributed by atoms with E-state index in [2.05, 4.69) is 9.97 Å². The molecule has 0 spiro atoms. The van der Waals surface area contributed by atoms with E-state index in [0.717, 1.165) is 0 Å². The number of hydrogen-bond donors (Lipinski definition) is 4. The molecule has 0 aliphatic heterocycles. The van der Waals surface area contributed by atoms with Crippen molar-refractivity contribution in [3.63, 3.8) is 0 Å². The molecule has 0 fully saturated rings. The third-order valence-corrected chi connectivity index (χ3v) is 2.56. The lowest BCUT2D eigenvalue weighted by atomic mass is 10.0. The monoisotopic (exact) mass is 236 g/mol. The Morgan fingerprint density at radius 1 is 1.35 bits per heavy atom. The molecular formula is C11H12N2O4. The summed E-state index contributed by atoms with van der Waals surface area (Å²) >= 11 is 0. The molecule has 0 bridgehead atoms. The van der Waals surface area contributed by atoms with Crippen LogP contribution in [0.3, 0.4) is 0 Å². The van der Waals surface area contributed by atoms with Gasteiger partial charge in [0, 0.05) is 0 Å². The zero-order chi connectivity index (χ0) is 12.4. The van der Waals surface area contributed by atoms with Crippen LogP contribution in [0.2, 0.25) is 0 Å². The van der Waals surface area contributed by atoms with Crippen molar-refractivity contribution in [1.82, 2.24) is 9.97 Å². The Hall–Kier alpha value is -1.76. The summed E-state index contributed by atoms with van der Waals surface area (Å²) in [4.78, 5) is 17.9. The maximum atomic E-state index is 11.5. The third-order valence-electron chi connectivity index (χ3n) is 2.56. The first-order chi connectivity index (χ1) is 8.13. The van der Waals surface area contributed by atoms with Crippen LogP contribution in [-0.2, 0) is 0 Å². The fourth-order valence-corrected chi connectivity index (χ4v) is 1.59. The van der Waals surface area contributed by atoms with E-state index in [1.165, 1.54) is 12.4 Å². The van der Waals surface area contributed by atoms with E-state index in [1.54, 1.807) is 12.1 Å². The Morgan fingerprint density at radius 3 is 2.82 bits per heavy atom. The van der Waals surface area contributed by atoms with Gasteiger partial charge in [0.05, 0.1) is 23.8 Å². The Bertz CT molecular complexity index is 581. The Labute approximate surface area is 96.2 Å². The minimum Gasteiger partial charge on any atom is -0.394 e. The first-order valence-corrected chi connectivity index (χ1v) is 5.08. The topological polar surface area (TPSA) is 106 Å². The first-order valence-electron chi connectivity index (χ1n) is 5.08. The highest BCUT2D eigenvalue weighted by atomic mass is 16.4. The lowest BCUT2D eigenvalue weighted by Crippen LogP contribution is -2.22. The van der Waals surface area contributed by atoms with Crippen molar-refractivity contribution in [1.29, 1.82) is 0 Å². The number of fused-ring (bicyclic) bond motifs is 1. The largest absolute Gasteiger partial charge is 0.394 e. The molecule has 2 atom stereocenters. The molecule has 0 saturated heterocycles. The van der Waals surface area contributed by atoms with Gasteiger partial charge in [0.1, 0.15) is 12.2 Å². The molecule has 0 amide bonds. The molecule has 1 heterocycles. The van der Waals surface area contributed by atoms with Crippen LogP contribution in [0.25, 0.3) is 10.9 Å². The average Bonchev–Trinajstić information content (AvgIpc) is 2.37. The second kappa shape index (κ2) is 4.62. The van der Waals surface area contributed by atoms with E-state index in [0.29, 0.717) is 16.5 Å². The van der Waals surface area contributed by atoms with Crippen molar-refractivity contribution >= 4 is 10.9 Å². The summed E-state index contributed by atoms with van der Waals surface area (Å²) in [5.74, 6) is 0. The van der Waals surface area contributed by atoms with Crippen molar-refractivity contribution in [3.8, 4) is 0 Å². The smallest absolute Gasteiger partial charge is 0.258 e. The minimum atomic E-state index is -1.27. The summed E-state index contributed by atoms with van der Waals surface area (Å²) in [6, 6.07) is 4.58. The van der Waals surface area contributed by atoms with Gasteiger partial charge >= 0.3 is 0 Å². The van der Waals surface area contributed by atoms with Gasteiger partial charge in [-0.05, 0) is 17.7 Å². The van der Waals surface area contributed by atoms with E-state index in [-0.39, 0.29) is 5.56 Å². The zero-order valence-electron chi connectivity index (χ0n) is 8.87. The number of aliphatic hydroxyl groups is 3. The zero-order valence-corrected chi connectivity index (χ0v) is 8.87. The van der Waals surface area contributed by atoms with Gasteiger partial charge in [-0.3, -0.25) is 4.79 Å². The lowest BCUT2D eigenvalue weighted by molar-refractivity contribution is -0.0152. The molecule has 2 unspecified atom stereocenters. The van der Waals surface area contributed by atoms with E-state index in [4.69, 9.17) is 5.11 Å². The second-order valence-corrected chi connectivity index (χ2v) is 3.70. The SMILES string of the molecule is O=c1[nH]cnc2ccc(C(O)C(O)CO)cc12. The number of aromatic nitrogens is 2. The Kier molecular flexibility index (Phi) is 3.19. The molecule has 0 radical (unpaired) electrons. The molecule has 17 heavy (non-hydrogen) atoms. The summed E-state index contributed by atoms with van der Waals surface area (Å²) < 4.78 is 0. The second-order valence-electron chi connectivity index (χ2n) is 3.70. The highest BCUT2D eigenvalue weighted by Crippen LogP contribution is 2.19. The number of rotatable bonds is 3. The molecule has 0 aliphatic carbocycles. The number of aliphatic hydroxyl groups excluding tert-OH is 3. The molecule has 6 heteroatoms. The summed E-state index contributed by atoms with van der Waals surface area (Å²) in [7, 11) is 0. The number of aromatic amines is 1. The molecule has 0 saturated carbocycles. The van der Waals surface area contributed by atoms with Crippen LogP contribution >= 0.6 is 0 Å². The van der Waals surface area contributed by atoms with Gasteiger partial charge in [-0.1, -0.05) is 6.07 Å². The van der Waals surface area contributed by atoms with Gasteiger partial charge in [0.15, 0.2) is 0 Å². The van der Waals surface area contributed by atoms with Gasteiger partial charge < -0.3 is 20.3 Å². The first kappa shape index (κ1) is 11.7. The van der Waals surface area contributed by atoms with E-state index < -0.39 is 18.8 Å². The van der Waals surface area contributed by atoms with Crippen molar-refractivity contribution < 1.29 is 15.3 Å². The Morgan fingerprint density at radius 2 is 2.12 bits per heavy atom. The van der Waals surface area contributed by atoms with Gasteiger partial charge in [0.25, 0.3) is 5.56 Å². The van der Waals surface area contributed by atoms with Crippen molar-refractivity contribution in [2.75, 3.05) is 6.61 Å². The summed E-state index contributed by atoms with van der Waals surface area (Å²) in [6.07, 6.45) is -1.21. The van der Waals surface area contributed by atoms with Crippen molar-refractivity contribution in [2.45, 2.75) is 12.2 Å². The number of nitrogens with one attached hydrogen (secondary N) is 1. The van der Waals surface area contributed by atoms with Gasteiger partial charge in [-0.2, -0.15) is 0 Å². The van der Waals surface area contributed by atoms with E-state index >= 15 is 0 Å². The van der Waals surface area contributed by atoms with Crippen molar-refractivity contribution in [3.05, 3.63) is 40.4 Å². The lowest BCUT2D eigenvalue weighted by Gasteiger charge is -2.15. The van der Waals surface area contributed by atoms with E-state index in [9.17, 15) is 15.0 Å². The molecule has 2 rings (SSSR count). The van der Waals surface area contributed by atoms with Crippen LogP contribution in [0.5, 0.6) is 0 Å². The highest BCUT2D eigenvalue weighted by molar-refractivity contribution is 5.77. The summed E-state index contributed by atoms with van der Waals surface area (Å²) in [5, 5.41) is 28.1. The third kappa shape index (κ3) is 2.19. The quantitative estimate of drug-likeness (QED) is 0.564. The van der Waals surface area contributed by atoms with Crippen molar-refractivity contribution in [2.24, 2.45) is 0 Å². The minimum absolute atomic E-state index is 0.317. The predicted octanol–water partition coefficient (Wildman–Crippen LogP) is -0.690. The molecule has 6 nitrogen and oxygen atoms in total. The van der Waals surface area contributed by atoms with E-state index in [1.807, 2.05) is 0 Å². The standard InChI is InChI=1S/C11H12N2O4/c14-4-9(15)10(16)6-1-2-8-7(3-6)11(17)13-5-12-8/h1-3,5,9-10,14-16H,4H2,(H,12,13,17). The molecule has 0 aliphatic rings. The number of nitrogens with zero attached hydrogens (tertiary/aromatic N) is 1. The molecule has 1 aromatic heterocycles. The van der Waals surface area contributed by atoms with Crippen LogP contribution in [-0.4, -0.2) is 38.0 Å². The van der Waals surface area contributed by atoms with Gasteiger partial charge in [0.2, 0.25) is 0 Å². The van der Waals surface area contributed by atoms with Crippen LogP contribution in [0.4, 0.5) is 0 Å². The van der Waals surface area contributed by atoms with Gasteiger partial charge in [-0.15, -0.1) is 0 Å². The fourth-order valence-electron chi connectivity index (χ4n) is 1.59. The van der Waals surface area contributed by atoms with Gasteiger partial charge in [-0.25, -0.2) is 4.98 Å². The maximum absolute atomic E-state index is 11.5. The average molecular weight is 236 g/mol. The normalized spacial score (nSPS) is 14.8. The molecule has 90 valence electrons. The Balaban J connectivity index is 2.51. The van der Waals surface area contributed by atoms with Crippen LogP contribution < -0.4 is 5.56 Å². The summed E-state index contributed by atoms with van der Waals surface area (Å²) in [6.45, 7) is -0.553. The number of H-pyrrole nitrogens is 1. The highest BCUT2D eigenvalue weighted by Gasteiger charge is 2.17. The van der Waals surface area contributed by atoms with Crippen LogP contribution in [0.1, 0.15) is 11.7 Å². The maximum Gasteiger partial charge on any atom is 0.258 e. The number of benzene rings is 1. The summed E-state index contributed by atoms with van der Waals surface area (Å²) in [5.41, 5.74) is 0.545.